The third-order valence-corrected chi connectivity index (χ3v) is 3.48. The third-order valence-electron chi connectivity index (χ3n) is 3.48. The van der Waals surface area contributed by atoms with E-state index in [9.17, 15) is 4.79 Å². The molecule has 1 aliphatic heterocycles. The van der Waals surface area contributed by atoms with Crippen molar-refractivity contribution in [3.05, 3.63) is 0 Å². The van der Waals surface area contributed by atoms with Gasteiger partial charge in [0.1, 0.15) is 0 Å². The maximum Gasteiger partial charge on any atom is 0.237 e. The molecule has 1 heterocycles. The monoisotopic (exact) mass is 228 g/mol. The molecule has 2 N–H and O–H groups in total. The standard InChI is InChI=1S/C12H24N2O2/c1-9-5-6-10(2)14(9)11(3)12(16)13-7-4-8-15/h9-11,15H,4-8H2,1-3H3,(H,13,16). The van der Waals surface area contributed by atoms with E-state index in [0.29, 0.717) is 25.0 Å². The van der Waals surface area contributed by atoms with E-state index >= 15 is 0 Å². The van der Waals surface area contributed by atoms with Crippen LogP contribution in [0.3, 0.4) is 0 Å². The summed E-state index contributed by atoms with van der Waals surface area (Å²) in [6.07, 6.45) is 2.98. The van der Waals surface area contributed by atoms with Gasteiger partial charge in [0.05, 0.1) is 6.04 Å². The molecular weight excluding hydrogens is 204 g/mol. The van der Waals surface area contributed by atoms with Crippen molar-refractivity contribution in [3.63, 3.8) is 0 Å². The highest BCUT2D eigenvalue weighted by Crippen LogP contribution is 2.25. The Morgan fingerprint density at radius 3 is 2.50 bits per heavy atom. The second-order valence-electron chi connectivity index (χ2n) is 4.77. The van der Waals surface area contributed by atoms with E-state index < -0.39 is 0 Å². The van der Waals surface area contributed by atoms with E-state index in [1.165, 1.54) is 12.8 Å². The SMILES string of the molecule is CC1CCC(C)N1C(C)C(=O)NCCCO. The van der Waals surface area contributed by atoms with Crippen LogP contribution in [-0.2, 0) is 4.79 Å². The number of carbonyl (C=O) groups is 1. The highest BCUT2D eigenvalue weighted by molar-refractivity contribution is 5.81. The van der Waals surface area contributed by atoms with E-state index in [1.807, 2.05) is 6.92 Å². The number of aliphatic hydroxyl groups excluding tert-OH is 1. The van der Waals surface area contributed by atoms with Gasteiger partial charge in [0.25, 0.3) is 0 Å². The predicted molar refractivity (Wildman–Crippen MR) is 64.2 cm³/mol. The zero-order valence-corrected chi connectivity index (χ0v) is 10.6. The third kappa shape index (κ3) is 3.19. The van der Waals surface area contributed by atoms with Gasteiger partial charge in [-0.2, -0.15) is 0 Å². The molecule has 1 fully saturated rings. The van der Waals surface area contributed by atoms with Crippen molar-refractivity contribution in [1.29, 1.82) is 0 Å². The molecule has 94 valence electrons. The molecule has 0 aromatic rings. The van der Waals surface area contributed by atoms with Crippen LogP contribution in [0.1, 0.15) is 40.0 Å². The normalized spacial score (nSPS) is 28.0. The van der Waals surface area contributed by atoms with Crippen LogP contribution in [0.4, 0.5) is 0 Å². The van der Waals surface area contributed by atoms with Crippen LogP contribution in [0.15, 0.2) is 0 Å². The topological polar surface area (TPSA) is 52.6 Å². The smallest absolute Gasteiger partial charge is 0.237 e. The van der Waals surface area contributed by atoms with Gasteiger partial charge < -0.3 is 10.4 Å². The molecule has 1 amide bonds. The van der Waals surface area contributed by atoms with Gasteiger partial charge in [-0.1, -0.05) is 0 Å². The van der Waals surface area contributed by atoms with E-state index in [1.54, 1.807) is 0 Å². The van der Waals surface area contributed by atoms with Crippen LogP contribution in [0.2, 0.25) is 0 Å². The number of rotatable bonds is 5. The predicted octanol–water partition coefficient (Wildman–Crippen LogP) is 0.746. The van der Waals surface area contributed by atoms with Gasteiger partial charge >= 0.3 is 0 Å². The van der Waals surface area contributed by atoms with Crippen molar-refractivity contribution in [2.75, 3.05) is 13.2 Å². The molecule has 0 aromatic carbocycles. The van der Waals surface area contributed by atoms with Gasteiger partial charge in [0.15, 0.2) is 0 Å². The molecule has 0 bridgehead atoms. The van der Waals surface area contributed by atoms with Crippen molar-refractivity contribution in [2.24, 2.45) is 0 Å². The molecule has 0 aromatic heterocycles. The van der Waals surface area contributed by atoms with Gasteiger partial charge in [-0.3, -0.25) is 9.69 Å². The van der Waals surface area contributed by atoms with Crippen LogP contribution in [0.5, 0.6) is 0 Å². The number of carbonyl (C=O) groups excluding carboxylic acids is 1. The van der Waals surface area contributed by atoms with Gasteiger partial charge in [-0.15, -0.1) is 0 Å². The summed E-state index contributed by atoms with van der Waals surface area (Å²) >= 11 is 0. The van der Waals surface area contributed by atoms with Crippen LogP contribution >= 0.6 is 0 Å². The number of aliphatic hydroxyl groups is 1. The first-order valence-electron chi connectivity index (χ1n) is 6.24. The average molecular weight is 228 g/mol. The molecule has 0 spiro atoms. The van der Waals surface area contributed by atoms with Crippen LogP contribution < -0.4 is 5.32 Å². The van der Waals surface area contributed by atoms with Crippen molar-refractivity contribution >= 4 is 5.91 Å². The number of nitrogens with one attached hydrogen (secondary N) is 1. The number of likely N-dealkylation sites (tertiary alicyclic amines) is 1. The molecule has 0 saturated carbocycles. The number of nitrogens with zero attached hydrogens (tertiary/aromatic N) is 1. The zero-order valence-electron chi connectivity index (χ0n) is 10.6. The van der Waals surface area contributed by atoms with Crippen LogP contribution in [0.25, 0.3) is 0 Å². The van der Waals surface area contributed by atoms with Gasteiger partial charge in [-0.05, 0) is 40.0 Å². The Hall–Kier alpha value is -0.610. The Labute approximate surface area is 98.0 Å². The summed E-state index contributed by atoms with van der Waals surface area (Å²) in [6.45, 7) is 7.02. The Morgan fingerprint density at radius 2 is 2.00 bits per heavy atom. The lowest BCUT2D eigenvalue weighted by molar-refractivity contribution is -0.126. The Bertz CT molecular complexity index is 223. The van der Waals surface area contributed by atoms with Crippen LogP contribution in [-0.4, -0.2) is 47.2 Å². The van der Waals surface area contributed by atoms with E-state index in [4.69, 9.17) is 5.11 Å². The highest BCUT2D eigenvalue weighted by Gasteiger charge is 2.33. The summed E-state index contributed by atoms with van der Waals surface area (Å²) in [5.74, 6) is 0.0778. The number of amides is 1. The minimum absolute atomic E-state index is 0.0637. The van der Waals surface area contributed by atoms with E-state index in [0.717, 1.165) is 0 Å². The molecule has 0 aliphatic carbocycles. The maximum atomic E-state index is 11.9. The number of hydrogen-bond donors (Lipinski definition) is 2. The lowest BCUT2D eigenvalue weighted by Crippen LogP contribution is -2.49. The fourth-order valence-corrected chi connectivity index (χ4v) is 2.55. The Balaban J connectivity index is 2.43. The summed E-state index contributed by atoms with van der Waals surface area (Å²) < 4.78 is 0. The molecule has 4 heteroatoms. The van der Waals surface area contributed by atoms with Gasteiger partial charge in [-0.25, -0.2) is 0 Å². The molecule has 3 atom stereocenters. The second-order valence-corrected chi connectivity index (χ2v) is 4.77. The molecule has 1 aliphatic rings. The largest absolute Gasteiger partial charge is 0.396 e. The fraction of sp³-hybridized carbons (Fsp3) is 0.917. The average Bonchev–Trinajstić information content (AvgIpc) is 2.58. The quantitative estimate of drug-likeness (QED) is 0.683. The minimum Gasteiger partial charge on any atom is -0.396 e. The summed E-state index contributed by atoms with van der Waals surface area (Å²) in [6, 6.07) is 0.924. The summed E-state index contributed by atoms with van der Waals surface area (Å²) in [5.41, 5.74) is 0. The lowest BCUT2D eigenvalue weighted by Gasteiger charge is -2.31. The van der Waals surface area contributed by atoms with E-state index in [2.05, 4.69) is 24.1 Å². The van der Waals surface area contributed by atoms with Crippen molar-refractivity contribution < 1.29 is 9.90 Å². The van der Waals surface area contributed by atoms with Gasteiger partial charge in [0, 0.05) is 25.2 Å². The molecule has 16 heavy (non-hydrogen) atoms. The molecule has 1 rings (SSSR count). The van der Waals surface area contributed by atoms with E-state index in [-0.39, 0.29) is 18.6 Å². The second kappa shape index (κ2) is 6.21. The Morgan fingerprint density at radius 1 is 1.44 bits per heavy atom. The highest BCUT2D eigenvalue weighted by atomic mass is 16.3. The fourth-order valence-electron chi connectivity index (χ4n) is 2.55. The molecule has 4 nitrogen and oxygen atoms in total. The maximum absolute atomic E-state index is 11.9. The number of hydrogen-bond acceptors (Lipinski definition) is 3. The summed E-state index contributed by atoms with van der Waals surface area (Å²) in [7, 11) is 0. The van der Waals surface area contributed by atoms with Crippen molar-refractivity contribution in [2.45, 2.75) is 58.2 Å². The first-order chi connectivity index (χ1) is 7.57. The summed E-state index contributed by atoms with van der Waals surface area (Å²) in [5, 5.41) is 11.5. The molecule has 1 saturated heterocycles. The first-order valence-corrected chi connectivity index (χ1v) is 6.24. The molecule has 3 unspecified atom stereocenters. The van der Waals surface area contributed by atoms with Crippen molar-refractivity contribution in [3.8, 4) is 0 Å². The Kier molecular flexibility index (Phi) is 5.22. The summed E-state index contributed by atoms with van der Waals surface area (Å²) in [4.78, 5) is 14.1. The minimum atomic E-state index is -0.0637. The van der Waals surface area contributed by atoms with Gasteiger partial charge in [0.2, 0.25) is 5.91 Å². The first kappa shape index (κ1) is 13.5. The van der Waals surface area contributed by atoms with Crippen LogP contribution in [0, 0.1) is 0 Å². The molecule has 0 radical (unpaired) electrons. The lowest BCUT2D eigenvalue weighted by atomic mass is 10.2. The van der Waals surface area contributed by atoms with Crippen molar-refractivity contribution in [1.82, 2.24) is 10.2 Å². The zero-order chi connectivity index (χ0) is 12.1. The molecular formula is C12H24N2O2.